The minimum atomic E-state index is -0.187. The Morgan fingerprint density at radius 1 is 1.33 bits per heavy atom. The first-order valence-electron chi connectivity index (χ1n) is 7.32. The lowest BCUT2D eigenvalue weighted by molar-refractivity contribution is 0.0947. The Hall–Kier alpha value is -0.970. The number of carbonyl (C=O) groups is 1. The summed E-state index contributed by atoms with van der Waals surface area (Å²) in [6, 6.07) is 4.01. The molecule has 21 heavy (non-hydrogen) atoms. The van der Waals surface area contributed by atoms with Gasteiger partial charge in [0.15, 0.2) is 0 Å². The van der Waals surface area contributed by atoms with E-state index in [1.165, 1.54) is 12.8 Å². The highest BCUT2D eigenvalue weighted by Crippen LogP contribution is 2.32. The van der Waals surface area contributed by atoms with Crippen LogP contribution in [0.15, 0.2) is 12.1 Å². The zero-order valence-electron chi connectivity index (χ0n) is 11.7. The third-order valence-corrected chi connectivity index (χ3v) is 5.04. The first kappa shape index (κ1) is 14.9. The Morgan fingerprint density at radius 2 is 2.10 bits per heavy atom. The fourth-order valence-corrected chi connectivity index (χ4v) is 3.33. The molecule has 1 aliphatic carbocycles. The van der Waals surface area contributed by atoms with Gasteiger partial charge in [0.1, 0.15) is 0 Å². The summed E-state index contributed by atoms with van der Waals surface area (Å²) in [7, 11) is 0. The number of halogens is 2. The van der Waals surface area contributed by atoms with E-state index in [4.69, 9.17) is 28.9 Å². The summed E-state index contributed by atoms with van der Waals surface area (Å²) in [5, 5.41) is 3.56. The summed E-state index contributed by atoms with van der Waals surface area (Å²) in [4.78, 5) is 14.7. The average molecular weight is 328 g/mol. The van der Waals surface area contributed by atoms with E-state index in [9.17, 15) is 4.79 Å². The van der Waals surface area contributed by atoms with Gasteiger partial charge in [-0.1, -0.05) is 23.2 Å². The van der Waals surface area contributed by atoms with Crippen LogP contribution < -0.4 is 11.1 Å². The smallest absolute Gasteiger partial charge is 0.252 e. The summed E-state index contributed by atoms with van der Waals surface area (Å²) in [6.45, 7) is 2.92. The summed E-state index contributed by atoms with van der Waals surface area (Å²) in [5.74, 6) is 0.339. The van der Waals surface area contributed by atoms with E-state index in [0.717, 1.165) is 25.6 Å². The number of rotatable bonds is 4. The van der Waals surface area contributed by atoms with Crippen LogP contribution in [-0.4, -0.2) is 36.5 Å². The standard InChI is InChI=1S/C15H19Cl2N3O/c16-12-4-3-11(13(17)14(12)18)15(21)19-7-9-5-6-20(8-9)10-1-2-10/h3-4,9-10H,1-2,5-8,18H2,(H,19,21). The van der Waals surface area contributed by atoms with Gasteiger partial charge in [-0.2, -0.15) is 0 Å². The van der Waals surface area contributed by atoms with Crippen LogP contribution in [0.3, 0.4) is 0 Å². The number of anilines is 1. The number of nitrogens with two attached hydrogens (primary N) is 1. The van der Waals surface area contributed by atoms with Crippen LogP contribution in [0, 0.1) is 5.92 Å². The molecule has 1 saturated carbocycles. The highest BCUT2D eigenvalue weighted by molar-refractivity contribution is 6.40. The van der Waals surface area contributed by atoms with Crippen LogP contribution in [0.4, 0.5) is 5.69 Å². The molecule has 1 aromatic carbocycles. The first-order valence-corrected chi connectivity index (χ1v) is 8.07. The van der Waals surface area contributed by atoms with Crippen molar-refractivity contribution in [1.29, 1.82) is 0 Å². The van der Waals surface area contributed by atoms with Gasteiger partial charge >= 0.3 is 0 Å². The Bertz CT molecular complexity index is 560. The molecule has 2 aliphatic rings. The molecular weight excluding hydrogens is 309 g/mol. The Kier molecular flexibility index (Phi) is 4.29. The highest BCUT2D eigenvalue weighted by atomic mass is 35.5. The molecule has 1 amide bonds. The monoisotopic (exact) mass is 327 g/mol. The van der Waals surface area contributed by atoms with E-state index in [2.05, 4.69) is 10.2 Å². The van der Waals surface area contributed by atoms with Crippen molar-refractivity contribution < 1.29 is 4.79 Å². The Morgan fingerprint density at radius 3 is 2.81 bits per heavy atom. The van der Waals surface area contributed by atoms with Gasteiger partial charge in [0.05, 0.1) is 21.3 Å². The number of hydrogen-bond acceptors (Lipinski definition) is 3. The first-order chi connectivity index (χ1) is 10.1. The topological polar surface area (TPSA) is 58.4 Å². The van der Waals surface area contributed by atoms with Crippen molar-refractivity contribution >= 4 is 34.8 Å². The van der Waals surface area contributed by atoms with Gasteiger partial charge in [-0.3, -0.25) is 4.79 Å². The van der Waals surface area contributed by atoms with E-state index < -0.39 is 0 Å². The number of nitrogens with zero attached hydrogens (tertiary/aromatic N) is 1. The summed E-state index contributed by atoms with van der Waals surface area (Å²) in [6.07, 6.45) is 3.81. The normalized spacial score (nSPS) is 22.5. The summed E-state index contributed by atoms with van der Waals surface area (Å²) in [5.41, 5.74) is 6.39. The van der Waals surface area contributed by atoms with Gasteiger partial charge in [0.25, 0.3) is 5.91 Å². The molecule has 0 bridgehead atoms. The SMILES string of the molecule is Nc1c(Cl)ccc(C(=O)NCC2CCN(C3CC3)C2)c1Cl. The summed E-state index contributed by atoms with van der Waals surface area (Å²) < 4.78 is 0. The Balaban J connectivity index is 1.56. The van der Waals surface area contributed by atoms with Crippen LogP contribution in [-0.2, 0) is 0 Å². The summed E-state index contributed by atoms with van der Waals surface area (Å²) >= 11 is 12.0. The van der Waals surface area contributed by atoms with E-state index in [-0.39, 0.29) is 16.6 Å². The molecule has 0 radical (unpaired) electrons. The molecular formula is C15H19Cl2N3O. The molecule has 0 aromatic heterocycles. The Labute approximate surface area is 134 Å². The number of benzene rings is 1. The molecule has 6 heteroatoms. The van der Waals surface area contributed by atoms with Gasteiger partial charge in [-0.25, -0.2) is 0 Å². The van der Waals surface area contributed by atoms with Gasteiger partial charge in [-0.05, 0) is 43.9 Å². The molecule has 3 rings (SSSR count). The minimum Gasteiger partial charge on any atom is -0.396 e. The van der Waals surface area contributed by atoms with Crippen molar-refractivity contribution in [3.05, 3.63) is 27.7 Å². The maximum Gasteiger partial charge on any atom is 0.252 e. The second-order valence-electron chi connectivity index (χ2n) is 5.91. The second-order valence-corrected chi connectivity index (χ2v) is 6.70. The van der Waals surface area contributed by atoms with E-state index in [1.54, 1.807) is 12.1 Å². The predicted molar refractivity (Wildman–Crippen MR) is 85.9 cm³/mol. The van der Waals surface area contributed by atoms with Crippen LogP contribution in [0.1, 0.15) is 29.6 Å². The molecule has 1 aliphatic heterocycles. The van der Waals surface area contributed by atoms with Crippen molar-refractivity contribution in [1.82, 2.24) is 10.2 Å². The quantitative estimate of drug-likeness (QED) is 0.836. The zero-order valence-corrected chi connectivity index (χ0v) is 13.3. The van der Waals surface area contributed by atoms with Gasteiger partial charge < -0.3 is 16.0 Å². The molecule has 3 N–H and O–H groups in total. The third kappa shape index (κ3) is 3.28. The maximum absolute atomic E-state index is 12.2. The maximum atomic E-state index is 12.2. The van der Waals surface area contributed by atoms with Crippen molar-refractivity contribution in [2.24, 2.45) is 5.92 Å². The lowest BCUT2D eigenvalue weighted by Gasteiger charge is -2.15. The fraction of sp³-hybridized carbons (Fsp3) is 0.533. The van der Waals surface area contributed by atoms with Gasteiger partial charge in [0, 0.05) is 19.1 Å². The van der Waals surface area contributed by atoms with Crippen LogP contribution in [0.2, 0.25) is 10.0 Å². The lowest BCUT2D eigenvalue weighted by atomic mass is 10.1. The zero-order chi connectivity index (χ0) is 15.0. The minimum absolute atomic E-state index is 0.187. The second kappa shape index (κ2) is 6.03. The largest absolute Gasteiger partial charge is 0.396 e. The molecule has 1 atom stereocenters. The predicted octanol–water partition coefficient (Wildman–Crippen LogP) is 2.79. The van der Waals surface area contributed by atoms with Crippen LogP contribution in [0.5, 0.6) is 0 Å². The van der Waals surface area contributed by atoms with Crippen LogP contribution in [0.25, 0.3) is 0 Å². The lowest BCUT2D eigenvalue weighted by Crippen LogP contribution is -2.31. The highest BCUT2D eigenvalue weighted by Gasteiger charge is 2.34. The van der Waals surface area contributed by atoms with Crippen molar-refractivity contribution in [2.45, 2.75) is 25.3 Å². The number of hydrogen-bond donors (Lipinski definition) is 2. The van der Waals surface area contributed by atoms with Crippen molar-refractivity contribution in [3.8, 4) is 0 Å². The number of likely N-dealkylation sites (tertiary alicyclic amines) is 1. The van der Waals surface area contributed by atoms with E-state index in [1.807, 2.05) is 0 Å². The molecule has 2 fully saturated rings. The average Bonchev–Trinajstić information content (AvgIpc) is 3.21. The molecule has 0 spiro atoms. The van der Waals surface area contributed by atoms with Crippen LogP contribution >= 0.6 is 23.2 Å². The number of carbonyl (C=O) groups excluding carboxylic acids is 1. The molecule has 1 aromatic rings. The van der Waals surface area contributed by atoms with E-state index >= 15 is 0 Å². The number of nitrogen functional groups attached to an aromatic ring is 1. The van der Waals surface area contributed by atoms with Crippen molar-refractivity contribution in [3.63, 3.8) is 0 Å². The molecule has 1 unspecified atom stereocenters. The van der Waals surface area contributed by atoms with Gasteiger partial charge in [0.2, 0.25) is 0 Å². The molecule has 114 valence electrons. The molecule has 1 heterocycles. The van der Waals surface area contributed by atoms with Gasteiger partial charge in [-0.15, -0.1) is 0 Å². The molecule has 1 saturated heterocycles. The number of amides is 1. The van der Waals surface area contributed by atoms with Crippen molar-refractivity contribution in [2.75, 3.05) is 25.4 Å². The number of nitrogens with one attached hydrogen (secondary N) is 1. The molecule has 4 nitrogen and oxygen atoms in total. The fourth-order valence-electron chi connectivity index (χ4n) is 2.88. The third-order valence-electron chi connectivity index (χ3n) is 4.30. The van der Waals surface area contributed by atoms with E-state index in [0.29, 0.717) is 23.0 Å².